The zero-order valence-corrected chi connectivity index (χ0v) is 9.75. The van der Waals surface area contributed by atoms with Crippen molar-refractivity contribution in [2.75, 3.05) is 0 Å². The van der Waals surface area contributed by atoms with Crippen LogP contribution in [0, 0.1) is 0 Å². The van der Waals surface area contributed by atoms with E-state index in [1.54, 1.807) is 0 Å². The van der Waals surface area contributed by atoms with Gasteiger partial charge >= 0.3 is 86.9 Å². The monoisotopic (exact) mass is 379 g/mol. The first-order valence-corrected chi connectivity index (χ1v) is 6.56. The molecule has 0 atom stereocenters. The van der Waals surface area contributed by atoms with E-state index < -0.39 is 0 Å². The zero-order chi connectivity index (χ0) is 2.00. The fourth-order valence-corrected chi connectivity index (χ4v) is 0. The molecule has 0 spiro atoms. The van der Waals surface area contributed by atoms with Crippen molar-refractivity contribution in [1.29, 1.82) is 0 Å². The molecule has 0 heterocycles. The Labute approximate surface area is 89.7 Å². The Balaban J connectivity index is -0.00000000500. The molecule has 26 valence electrons. The van der Waals surface area contributed by atoms with Gasteiger partial charge in [0.15, 0.2) is 0 Å². The minimum atomic E-state index is 0. The zero-order valence-electron chi connectivity index (χ0n) is 2.19. The van der Waals surface area contributed by atoms with E-state index in [9.17, 15) is 0 Å². The summed E-state index contributed by atoms with van der Waals surface area (Å²) in [6.45, 7) is 0. The summed E-state index contributed by atoms with van der Waals surface area (Å²) in [5, 5.41) is 0. The molecule has 4 heavy (non-hydrogen) atoms. The fraction of sp³-hybridized carbons (Fsp3) is 0. The maximum atomic E-state index is 2.12. The van der Waals surface area contributed by atoms with Crippen molar-refractivity contribution in [2.45, 2.75) is 0 Å². The van der Waals surface area contributed by atoms with Gasteiger partial charge in [-0.25, -0.2) is 0 Å². The fourth-order valence-electron chi connectivity index (χ4n) is 0. The third-order valence-corrected chi connectivity index (χ3v) is 0. The van der Waals surface area contributed by atoms with E-state index in [0.717, 1.165) is 0 Å². The minimum absolute atomic E-state index is 0. The first-order chi connectivity index (χ1) is 1.00. The molecular formula is H2IKOPt. The van der Waals surface area contributed by atoms with Crippen molar-refractivity contribution in [3.8, 4) is 0 Å². The summed E-state index contributed by atoms with van der Waals surface area (Å²) in [7, 11) is 0. The van der Waals surface area contributed by atoms with Crippen LogP contribution in [-0.2, 0) is 16.1 Å². The molecule has 0 saturated carbocycles. The van der Waals surface area contributed by atoms with Gasteiger partial charge in [-0.2, -0.15) is 0 Å². The molecule has 0 bridgehead atoms. The summed E-state index contributed by atoms with van der Waals surface area (Å²) >= 11 is 4.23. The van der Waals surface area contributed by atoms with Crippen molar-refractivity contribution < 1.29 is 73.0 Å². The Morgan fingerprint density at radius 1 is 1.25 bits per heavy atom. The number of hydrogen-bond donors (Lipinski definition) is 0. The van der Waals surface area contributed by atoms with Crippen molar-refractivity contribution in [3.05, 3.63) is 0 Å². The molecule has 0 radical (unpaired) electrons. The van der Waals surface area contributed by atoms with Gasteiger partial charge in [-0.05, 0) is 0 Å². The normalized spacial score (nSPS) is 1.75. The summed E-state index contributed by atoms with van der Waals surface area (Å²) in [5.74, 6) is 0. The molecule has 0 fully saturated rings. The van der Waals surface area contributed by atoms with Crippen LogP contribution in [0.25, 0.3) is 0 Å². The molecule has 0 aliphatic carbocycles. The van der Waals surface area contributed by atoms with Gasteiger partial charge < -0.3 is 5.48 Å². The summed E-state index contributed by atoms with van der Waals surface area (Å²) in [6, 6.07) is 0. The first kappa shape index (κ1) is 15.7. The standard InChI is InChI=1S/HI.K.H2O.Pt/h1H;;1H2;/q;+1;;/p-1. The quantitative estimate of drug-likeness (QED) is 0.319. The van der Waals surface area contributed by atoms with Gasteiger partial charge in [0.05, 0.1) is 0 Å². The Hall–Kier alpha value is 3.01. The number of rotatable bonds is 0. The second-order valence-corrected chi connectivity index (χ2v) is 0. The third-order valence-electron chi connectivity index (χ3n) is 0. The van der Waals surface area contributed by atoms with Gasteiger partial charge in [0, 0.05) is 0 Å². The third kappa shape index (κ3) is 8.89. The van der Waals surface area contributed by atoms with Crippen molar-refractivity contribution >= 4 is 19.4 Å². The summed E-state index contributed by atoms with van der Waals surface area (Å²) < 4.78 is 0. The first-order valence-electron chi connectivity index (χ1n) is 0.120. The molecule has 0 aliphatic heterocycles. The molecule has 0 aromatic heterocycles. The molecule has 0 aromatic rings. The Morgan fingerprint density at radius 2 is 1.25 bits per heavy atom. The molecule has 0 aromatic carbocycles. The van der Waals surface area contributed by atoms with Crippen LogP contribution in [-0.4, -0.2) is 5.48 Å². The SMILES string of the molecule is O.[I][Pt-].[K+]. The van der Waals surface area contributed by atoms with Crippen molar-refractivity contribution in [1.82, 2.24) is 0 Å². The van der Waals surface area contributed by atoms with Gasteiger partial charge in [-0.15, -0.1) is 0 Å². The molecule has 4 heteroatoms. The Morgan fingerprint density at radius 3 is 1.25 bits per heavy atom. The Bertz CT molecular complexity index is 8.00. The molecule has 0 amide bonds. The van der Waals surface area contributed by atoms with Gasteiger partial charge in [0.1, 0.15) is 0 Å². The Kier molecular flexibility index (Phi) is 65.5. The van der Waals surface area contributed by atoms with Crippen LogP contribution in [0.4, 0.5) is 0 Å². The second-order valence-electron chi connectivity index (χ2n) is 0. The van der Waals surface area contributed by atoms with Crippen LogP contribution in [0.15, 0.2) is 0 Å². The maximum Gasteiger partial charge on any atom is 1.00 e. The van der Waals surface area contributed by atoms with Gasteiger partial charge in [-0.1, -0.05) is 0 Å². The molecule has 0 rings (SSSR count). The molecule has 0 saturated heterocycles. The van der Waals surface area contributed by atoms with Gasteiger partial charge in [-0.3, -0.25) is 0 Å². The predicted molar refractivity (Wildman–Crippen MR) is 17.6 cm³/mol. The van der Waals surface area contributed by atoms with E-state index in [0.29, 0.717) is 0 Å². The van der Waals surface area contributed by atoms with Crippen LogP contribution < -0.4 is 51.4 Å². The van der Waals surface area contributed by atoms with E-state index in [-0.39, 0.29) is 56.9 Å². The molecular weight excluding hydrogens is 377 g/mol. The van der Waals surface area contributed by atoms with Crippen LogP contribution in [0.5, 0.6) is 0 Å². The van der Waals surface area contributed by atoms with E-state index in [1.165, 1.54) is 0 Å². The van der Waals surface area contributed by atoms with Crippen molar-refractivity contribution in [3.63, 3.8) is 0 Å². The van der Waals surface area contributed by atoms with Crippen LogP contribution in [0.1, 0.15) is 0 Å². The van der Waals surface area contributed by atoms with Gasteiger partial charge in [0.25, 0.3) is 0 Å². The van der Waals surface area contributed by atoms with Gasteiger partial charge in [0.2, 0.25) is 0 Å². The van der Waals surface area contributed by atoms with E-state index in [1.807, 2.05) is 0 Å². The second kappa shape index (κ2) is 16.6. The minimum Gasteiger partial charge on any atom is 1.00 e. The molecule has 1 nitrogen and oxygen atoms in total. The summed E-state index contributed by atoms with van der Waals surface area (Å²) in [5.41, 5.74) is 0. The van der Waals surface area contributed by atoms with E-state index in [4.69, 9.17) is 0 Å². The van der Waals surface area contributed by atoms with Crippen LogP contribution in [0.2, 0.25) is 0 Å². The summed E-state index contributed by atoms with van der Waals surface area (Å²) in [6.07, 6.45) is 0. The maximum absolute atomic E-state index is 2.12. The average molecular weight is 379 g/mol. The van der Waals surface area contributed by atoms with Crippen LogP contribution in [0.3, 0.4) is 0 Å². The number of hydrogen-bond acceptors (Lipinski definition) is 0. The van der Waals surface area contributed by atoms with Crippen LogP contribution >= 0.6 is 19.4 Å². The van der Waals surface area contributed by atoms with E-state index in [2.05, 4.69) is 35.5 Å². The molecule has 0 unspecified atom stereocenters. The molecule has 2 N–H and O–H groups in total. The smallest absolute Gasteiger partial charge is 1.00 e. The topological polar surface area (TPSA) is 31.5 Å². The average Bonchev–Trinajstić information content (AvgIpc) is 1.00. The number of halogens is 1. The largest absolute Gasteiger partial charge is 1.00 e. The van der Waals surface area contributed by atoms with Crippen molar-refractivity contribution in [2.24, 2.45) is 0 Å². The molecule has 0 aliphatic rings. The summed E-state index contributed by atoms with van der Waals surface area (Å²) in [4.78, 5) is 0. The predicted octanol–water partition coefficient (Wildman–Crippen LogP) is -2.94. The van der Waals surface area contributed by atoms with E-state index >= 15 is 0 Å².